The van der Waals surface area contributed by atoms with Crippen molar-refractivity contribution < 1.29 is 5.11 Å². The predicted octanol–water partition coefficient (Wildman–Crippen LogP) is 3.10. The van der Waals surface area contributed by atoms with Crippen LogP contribution < -0.4 is 4.90 Å². The van der Waals surface area contributed by atoms with Crippen molar-refractivity contribution in [3.8, 4) is 0 Å². The van der Waals surface area contributed by atoms with Crippen LogP contribution in [0.1, 0.15) is 18.9 Å². The molecule has 2 nitrogen and oxygen atoms in total. The summed E-state index contributed by atoms with van der Waals surface area (Å²) in [7, 11) is 0. The van der Waals surface area contributed by atoms with Gasteiger partial charge in [-0.3, -0.25) is 0 Å². The molecule has 0 bridgehead atoms. The van der Waals surface area contributed by atoms with Gasteiger partial charge in [0.2, 0.25) is 0 Å². The maximum atomic E-state index is 9.35. The molecule has 0 saturated carbocycles. The fourth-order valence-electron chi connectivity index (χ4n) is 2.08. The van der Waals surface area contributed by atoms with Crippen molar-refractivity contribution in [2.75, 3.05) is 18.0 Å². The second kappa shape index (κ2) is 5.02. The Balaban J connectivity index is 2.31. The monoisotopic (exact) mass is 281 g/mol. The van der Waals surface area contributed by atoms with Gasteiger partial charge in [0, 0.05) is 28.8 Å². The largest absolute Gasteiger partial charge is 0.392 e. The van der Waals surface area contributed by atoms with Gasteiger partial charge >= 0.3 is 0 Å². The van der Waals surface area contributed by atoms with E-state index in [1.54, 1.807) is 0 Å². The van der Waals surface area contributed by atoms with Crippen molar-refractivity contribution in [3.05, 3.63) is 39.9 Å². The van der Waals surface area contributed by atoms with E-state index in [2.05, 4.69) is 39.9 Å². The molecule has 0 spiro atoms. The van der Waals surface area contributed by atoms with E-state index in [0.717, 1.165) is 35.2 Å². The lowest BCUT2D eigenvalue weighted by molar-refractivity contribution is 0.282. The van der Waals surface area contributed by atoms with E-state index in [1.807, 2.05) is 12.1 Å². The summed E-state index contributed by atoms with van der Waals surface area (Å²) in [6.07, 6.45) is 3.37. The molecule has 2 rings (SSSR count). The molecule has 0 aromatic heterocycles. The van der Waals surface area contributed by atoms with E-state index >= 15 is 0 Å². The average Bonchev–Trinajstić information content (AvgIpc) is 2.29. The first-order valence-electron chi connectivity index (χ1n) is 5.50. The Kier molecular flexibility index (Phi) is 3.66. The van der Waals surface area contributed by atoms with Crippen molar-refractivity contribution in [3.63, 3.8) is 0 Å². The van der Waals surface area contributed by atoms with Crippen LogP contribution >= 0.6 is 15.9 Å². The van der Waals surface area contributed by atoms with Crippen LogP contribution in [-0.2, 0) is 6.61 Å². The van der Waals surface area contributed by atoms with Crippen LogP contribution in [0.15, 0.2) is 34.3 Å². The molecule has 16 heavy (non-hydrogen) atoms. The molecule has 3 heteroatoms. The Morgan fingerprint density at radius 2 is 2.25 bits per heavy atom. The summed E-state index contributed by atoms with van der Waals surface area (Å²) in [6.45, 7) is 4.24. The number of benzene rings is 1. The van der Waals surface area contributed by atoms with Crippen molar-refractivity contribution in [2.24, 2.45) is 0 Å². The molecule has 0 radical (unpaired) electrons. The first-order chi connectivity index (χ1) is 7.70. The van der Waals surface area contributed by atoms with Crippen molar-refractivity contribution in [1.82, 2.24) is 0 Å². The number of nitrogens with zero attached hydrogens (tertiary/aromatic N) is 1. The normalized spacial score (nSPS) is 16.2. The Hall–Kier alpha value is -0.800. The van der Waals surface area contributed by atoms with Gasteiger partial charge in [-0.25, -0.2) is 0 Å². The summed E-state index contributed by atoms with van der Waals surface area (Å²) in [4.78, 5) is 2.33. The molecule has 1 heterocycles. The Labute approximate surface area is 105 Å². The quantitative estimate of drug-likeness (QED) is 0.843. The lowest BCUT2D eigenvalue weighted by atomic mass is 10.1. The van der Waals surface area contributed by atoms with Gasteiger partial charge in [-0.05, 0) is 25.5 Å². The van der Waals surface area contributed by atoms with Crippen molar-refractivity contribution in [1.29, 1.82) is 0 Å². The molecule has 0 atom stereocenters. The minimum atomic E-state index is 0.0991. The topological polar surface area (TPSA) is 23.5 Å². The fraction of sp³-hybridized carbons (Fsp3) is 0.385. The van der Waals surface area contributed by atoms with Gasteiger partial charge in [-0.15, -0.1) is 0 Å². The summed E-state index contributed by atoms with van der Waals surface area (Å²) in [6, 6.07) is 6.04. The molecule has 1 N–H and O–H groups in total. The van der Waals surface area contributed by atoms with Gasteiger partial charge in [-0.1, -0.05) is 33.6 Å². The molecule has 1 aromatic rings. The maximum Gasteiger partial charge on any atom is 0.0702 e. The van der Waals surface area contributed by atoms with Crippen LogP contribution in [0.3, 0.4) is 0 Å². The van der Waals surface area contributed by atoms with Crippen LogP contribution in [0.2, 0.25) is 0 Å². The molecular formula is C13H16BrNO. The van der Waals surface area contributed by atoms with E-state index in [-0.39, 0.29) is 6.61 Å². The first kappa shape index (κ1) is 11.7. The van der Waals surface area contributed by atoms with Crippen LogP contribution in [0.25, 0.3) is 0 Å². The number of hydrogen-bond acceptors (Lipinski definition) is 2. The van der Waals surface area contributed by atoms with Gasteiger partial charge < -0.3 is 10.0 Å². The van der Waals surface area contributed by atoms with Crippen LogP contribution in [0.4, 0.5) is 5.69 Å². The van der Waals surface area contributed by atoms with Crippen molar-refractivity contribution >= 4 is 21.6 Å². The molecule has 0 fully saturated rings. The van der Waals surface area contributed by atoms with E-state index in [9.17, 15) is 5.11 Å². The van der Waals surface area contributed by atoms with Gasteiger partial charge in [0.25, 0.3) is 0 Å². The number of aliphatic hydroxyl groups excluding tert-OH is 1. The highest BCUT2D eigenvalue weighted by molar-refractivity contribution is 9.10. The van der Waals surface area contributed by atoms with Gasteiger partial charge in [0.1, 0.15) is 0 Å². The lowest BCUT2D eigenvalue weighted by Gasteiger charge is -2.30. The van der Waals surface area contributed by atoms with Crippen LogP contribution in [0, 0.1) is 0 Å². The summed E-state index contributed by atoms with van der Waals surface area (Å²) in [5.41, 5.74) is 3.54. The van der Waals surface area contributed by atoms with E-state index < -0.39 is 0 Å². The number of hydrogen-bond donors (Lipinski definition) is 1. The van der Waals surface area contributed by atoms with Gasteiger partial charge in [0.05, 0.1) is 6.61 Å². The minimum Gasteiger partial charge on any atom is -0.392 e. The maximum absolute atomic E-state index is 9.35. The zero-order valence-corrected chi connectivity index (χ0v) is 11.0. The number of rotatable bonds is 2. The highest BCUT2D eigenvalue weighted by Gasteiger charge is 2.14. The SMILES string of the molecule is CC1=CCCN(c2cc(Br)ccc2CO)C1. The number of aliphatic hydroxyl groups is 1. The van der Waals surface area contributed by atoms with E-state index in [0.29, 0.717) is 0 Å². The first-order valence-corrected chi connectivity index (χ1v) is 6.30. The van der Waals surface area contributed by atoms with Crippen molar-refractivity contribution in [2.45, 2.75) is 20.0 Å². The third-order valence-electron chi connectivity index (χ3n) is 2.89. The highest BCUT2D eigenvalue weighted by atomic mass is 79.9. The molecule has 86 valence electrons. The molecule has 0 amide bonds. The third-order valence-corrected chi connectivity index (χ3v) is 3.38. The average molecular weight is 282 g/mol. The smallest absolute Gasteiger partial charge is 0.0702 e. The second-order valence-electron chi connectivity index (χ2n) is 4.19. The van der Waals surface area contributed by atoms with Gasteiger partial charge in [0.15, 0.2) is 0 Å². The number of halogens is 1. The fourth-order valence-corrected chi connectivity index (χ4v) is 2.43. The van der Waals surface area contributed by atoms with E-state index in [4.69, 9.17) is 0 Å². The molecule has 1 aliphatic heterocycles. The third kappa shape index (κ3) is 2.47. The van der Waals surface area contributed by atoms with Crippen LogP contribution in [0.5, 0.6) is 0 Å². The Bertz CT molecular complexity index is 414. The molecule has 1 aliphatic rings. The lowest BCUT2D eigenvalue weighted by Crippen LogP contribution is -2.30. The minimum absolute atomic E-state index is 0.0991. The summed E-state index contributed by atoms with van der Waals surface area (Å²) in [5, 5.41) is 9.35. The summed E-state index contributed by atoms with van der Waals surface area (Å²) >= 11 is 3.48. The van der Waals surface area contributed by atoms with Gasteiger partial charge in [-0.2, -0.15) is 0 Å². The standard InChI is InChI=1S/C13H16BrNO/c1-10-3-2-6-15(8-10)13-7-12(14)5-4-11(13)9-16/h3-5,7,16H,2,6,8-9H2,1H3. The predicted molar refractivity (Wildman–Crippen MR) is 70.7 cm³/mol. The zero-order valence-electron chi connectivity index (χ0n) is 9.41. The second-order valence-corrected chi connectivity index (χ2v) is 5.11. The molecule has 1 aromatic carbocycles. The molecule has 0 aliphatic carbocycles. The molecular weight excluding hydrogens is 266 g/mol. The Morgan fingerprint density at radius 3 is 2.94 bits per heavy atom. The molecule has 0 unspecified atom stereocenters. The number of anilines is 1. The van der Waals surface area contributed by atoms with Crippen LogP contribution in [-0.4, -0.2) is 18.2 Å². The van der Waals surface area contributed by atoms with E-state index in [1.165, 1.54) is 5.57 Å². The zero-order chi connectivity index (χ0) is 11.5. The molecule has 0 saturated heterocycles. The Morgan fingerprint density at radius 1 is 1.44 bits per heavy atom. The summed E-state index contributed by atoms with van der Waals surface area (Å²) in [5.74, 6) is 0. The summed E-state index contributed by atoms with van der Waals surface area (Å²) < 4.78 is 1.06. The highest BCUT2D eigenvalue weighted by Crippen LogP contribution is 2.27.